The van der Waals surface area contributed by atoms with Crippen LogP contribution in [0.4, 0.5) is 39.5 Å². The van der Waals surface area contributed by atoms with Gasteiger partial charge in [-0.1, -0.05) is 43.3 Å². The van der Waals surface area contributed by atoms with E-state index in [0.29, 0.717) is 17.5 Å². The smallest absolute Gasteiger partial charge is 0.460 e. The number of halogens is 9. The molecule has 210 valence electrons. The standard InChI is InChI=1S/C25H20F9N3O2/c1-2-12-38-20-14-19(37-17-9-5-3-7-15(17)16-8-4-6-10-18(16)37)35-21(36-20)39-13-11-22(26,27)23(28,29)24(30,31)25(32,33)34/h3-10,14H,2,11-13H2,1H3. The van der Waals surface area contributed by atoms with Crippen molar-refractivity contribution in [1.29, 1.82) is 0 Å². The van der Waals surface area contributed by atoms with E-state index in [-0.39, 0.29) is 18.3 Å². The number of hydrogen-bond acceptors (Lipinski definition) is 4. The minimum Gasteiger partial charge on any atom is -0.477 e. The van der Waals surface area contributed by atoms with Gasteiger partial charge in [0.2, 0.25) is 5.88 Å². The number of para-hydroxylation sites is 2. The first-order valence-corrected chi connectivity index (χ1v) is 11.5. The van der Waals surface area contributed by atoms with Crippen molar-refractivity contribution in [3.05, 3.63) is 54.6 Å². The molecule has 39 heavy (non-hydrogen) atoms. The van der Waals surface area contributed by atoms with E-state index in [1.54, 1.807) is 35.8 Å². The number of benzene rings is 2. The third kappa shape index (κ3) is 5.03. The average molecular weight is 565 g/mol. The molecule has 0 radical (unpaired) electrons. The van der Waals surface area contributed by atoms with Crippen LogP contribution in [0.5, 0.6) is 11.9 Å². The number of hydrogen-bond donors (Lipinski definition) is 0. The molecule has 14 heteroatoms. The molecule has 0 unspecified atom stereocenters. The van der Waals surface area contributed by atoms with Gasteiger partial charge in [-0.05, 0) is 18.6 Å². The maximum atomic E-state index is 13.9. The molecule has 0 aliphatic rings. The third-order valence-corrected chi connectivity index (χ3v) is 5.79. The lowest BCUT2D eigenvalue weighted by Crippen LogP contribution is -2.61. The Balaban J connectivity index is 1.67. The molecular formula is C25H20F9N3O2. The van der Waals surface area contributed by atoms with Crippen LogP contribution in [0, 0.1) is 0 Å². The molecule has 0 bridgehead atoms. The lowest BCUT2D eigenvalue weighted by Gasteiger charge is -2.33. The van der Waals surface area contributed by atoms with Gasteiger partial charge >= 0.3 is 30.0 Å². The van der Waals surface area contributed by atoms with E-state index < -0.39 is 43.0 Å². The van der Waals surface area contributed by atoms with Crippen molar-refractivity contribution in [3.8, 4) is 17.7 Å². The van der Waals surface area contributed by atoms with Crippen molar-refractivity contribution < 1.29 is 49.0 Å². The van der Waals surface area contributed by atoms with Crippen molar-refractivity contribution in [1.82, 2.24) is 14.5 Å². The summed E-state index contributed by atoms with van der Waals surface area (Å²) in [4.78, 5) is 8.02. The summed E-state index contributed by atoms with van der Waals surface area (Å²) in [6.45, 7) is 0.575. The molecule has 4 rings (SSSR count). The maximum absolute atomic E-state index is 13.9. The monoisotopic (exact) mass is 565 g/mol. The summed E-state index contributed by atoms with van der Waals surface area (Å²) >= 11 is 0. The molecule has 4 aromatic rings. The van der Waals surface area contributed by atoms with Crippen LogP contribution in [0.25, 0.3) is 27.6 Å². The average Bonchev–Trinajstić information content (AvgIpc) is 3.21. The van der Waals surface area contributed by atoms with Crippen LogP contribution < -0.4 is 9.47 Å². The molecule has 2 heterocycles. The Morgan fingerprint density at radius 2 is 1.28 bits per heavy atom. The van der Waals surface area contributed by atoms with E-state index >= 15 is 0 Å². The second kappa shape index (κ2) is 10.1. The number of rotatable bonds is 10. The van der Waals surface area contributed by atoms with Crippen LogP contribution in [0.3, 0.4) is 0 Å². The lowest BCUT2D eigenvalue weighted by atomic mass is 10.0. The van der Waals surface area contributed by atoms with Gasteiger partial charge in [0.05, 0.1) is 30.7 Å². The van der Waals surface area contributed by atoms with E-state index in [1.807, 2.05) is 24.3 Å². The Kier molecular flexibility index (Phi) is 7.34. The first kappa shape index (κ1) is 28.3. The van der Waals surface area contributed by atoms with Gasteiger partial charge in [0.1, 0.15) is 5.82 Å². The van der Waals surface area contributed by atoms with Gasteiger partial charge < -0.3 is 9.47 Å². The van der Waals surface area contributed by atoms with Crippen molar-refractivity contribution in [2.45, 2.75) is 43.7 Å². The van der Waals surface area contributed by atoms with E-state index in [2.05, 4.69) is 9.97 Å². The van der Waals surface area contributed by atoms with Crippen LogP contribution in [0.2, 0.25) is 0 Å². The molecule has 5 nitrogen and oxygen atoms in total. The quantitative estimate of drug-likeness (QED) is 0.186. The number of aromatic nitrogens is 3. The molecule has 2 aromatic carbocycles. The highest BCUT2D eigenvalue weighted by atomic mass is 19.4. The fourth-order valence-electron chi connectivity index (χ4n) is 3.86. The van der Waals surface area contributed by atoms with Gasteiger partial charge in [-0.3, -0.25) is 4.57 Å². The second-order valence-electron chi connectivity index (χ2n) is 8.51. The van der Waals surface area contributed by atoms with Gasteiger partial charge in [-0.2, -0.15) is 49.5 Å². The predicted molar refractivity (Wildman–Crippen MR) is 123 cm³/mol. The number of nitrogens with zero attached hydrogens (tertiary/aromatic N) is 3. The normalized spacial score (nSPS) is 13.3. The lowest BCUT2D eigenvalue weighted by molar-refractivity contribution is -0.397. The third-order valence-electron chi connectivity index (χ3n) is 5.79. The highest BCUT2D eigenvalue weighted by molar-refractivity contribution is 6.09. The molecule has 2 aromatic heterocycles. The van der Waals surface area contributed by atoms with Crippen molar-refractivity contribution in [3.63, 3.8) is 0 Å². The van der Waals surface area contributed by atoms with Crippen LogP contribution in [0.1, 0.15) is 19.8 Å². The Hall–Kier alpha value is -3.71. The topological polar surface area (TPSA) is 49.2 Å². The molecule has 0 amide bonds. The predicted octanol–water partition coefficient (Wildman–Crippen LogP) is 7.60. The Bertz CT molecular complexity index is 1420. The van der Waals surface area contributed by atoms with Crippen molar-refractivity contribution >= 4 is 21.8 Å². The summed E-state index contributed by atoms with van der Waals surface area (Å²) in [5, 5.41) is 1.69. The zero-order valence-electron chi connectivity index (χ0n) is 20.1. The fraction of sp³-hybridized carbons (Fsp3) is 0.360. The Labute approximate surface area is 215 Å². The molecular weight excluding hydrogens is 545 g/mol. The van der Waals surface area contributed by atoms with Gasteiger partial charge in [0, 0.05) is 16.8 Å². The van der Waals surface area contributed by atoms with Crippen LogP contribution in [0.15, 0.2) is 54.6 Å². The zero-order valence-corrected chi connectivity index (χ0v) is 20.1. The molecule has 0 saturated heterocycles. The largest absolute Gasteiger partial charge is 0.477 e. The first-order valence-electron chi connectivity index (χ1n) is 11.5. The van der Waals surface area contributed by atoms with Crippen LogP contribution in [-0.4, -0.2) is 51.7 Å². The van der Waals surface area contributed by atoms with E-state index in [0.717, 1.165) is 10.8 Å². The van der Waals surface area contributed by atoms with Gasteiger partial charge in [0.25, 0.3) is 0 Å². The highest BCUT2D eigenvalue weighted by Crippen LogP contribution is 2.54. The number of alkyl halides is 9. The summed E-state index contributed by atoms with van der Waals surface area (Å²) in [6, 6.07) is 15.3. The summed E-state index contributed by atoms with van der Waals surface area (Å²) < 4.78 is 131. The molecule has 0 aliphatic heterocycles. The van der Waals surface area contributed by atoms with Crippen LogP contribution in [-0.2, 0) is 0 Å². The Morgan fingerprint density at radius 1 is 0.718 bits per heavy atom. The summed E-state index contributed by atoms with van der Waals surface area (Å²) in [5.41, 5.74) is 1.37. The van der Waals surface area contributed by atoms with Crippen LogP contribution >= 0.6 is 0 Å². The molecule has 0 atom stereocenters. The molecule has 0 aliphatic carbocycles. The van der Waals surface area contributed by atoms with Crippen molar-refractivity contribution in [2.24, 2.45) is 0 Å². The van der Waals surface area contributed by atoms with Crippen molar-refractivity contribution in [2.75, 3.05) is 13.2 Å². The summed E-state index contributed by atoms with van der Waals surface area (Å²) in [5.74, 6) is -19.4. The molecule has 0 spiro atoms. The van der Waals surface area contributed by atoms with E-state index in [4.69, 9.17) is 9.47 Å². The summed E-state index contributed by atoms with van der Waals surface area (Å²) in [7, 11) is 0. The molecule has 0 saturated carbocycles. The van der Waals surface area contributed by atoms with E-state index in [1.165, 1.54) is 6.07 Å². The number of fused-ring (bicyclic) bond motifs is 3. The second-order valence-corrected chi connectivity index (χ2v) is 8.51. The summed E-state index contributed by atoms with van der Waals surface area (Å²) in [6.07, 6.45) is -8.52. The molecule has 0 fully saturated rings. The van der Waals surface area contributed by atoms with Gasteiger partial charge in [-0.15, -0.1) is 0 Å². The molecule has 0 N–H and O–H groups in total. The Morgan fingerprint density at radius 3 is 1.82 bits per heavy atom. The van der Waals surface area contributed by atoms with E-state index in [9.17, 15) is 39.5 Å². The minimum atomic E-state index is -6.97. The maximum Gasteiger partial charge on any atom is 0.460 e. The number of ether oxygens (including phenoxy) is 2. The highest BCUT2D eigenvalue weighted by Gasteiger charge is 2.81. The SMILES string of the molecule is CCCOc1cc(-n2c3ccccc3c3ccccc32)nc(OCCC(F)(F)C(F)(F)C(F)(F)C(F)(F)F)n1. The first-order chi connectivity index (χ1) is 18.2. The van der Waals surface area contributed by atoms with Gasteiger partial charge in [0.15, 0.2) is 0 Å². The van der Waals surface area contributed by atoms with Gasteiger partial charge in [-0.25, -0.2) is 0 Å². The minimum absolute atomic E-state index is 0.0700. The zero-order chi connectivity index (χ0) is 28.6. The fourth-order valence-corrected chi connectivity index (χ4v) is 3.86.